The SMILES string of the molecule is CC.CN1CC2CC(F)(F)C2C1. The van der Waals surface area contributed by atoms with Crippen LogP contribution in [0.4, 0.5) is 8.78 Å². The quantitative estimate of drug-likeness (QED) is 0.548. The molecular formula is C9H17F2N. The van der Waals surface area contributed by atoms with E-state index in [0.29, 0.717) is 12.5 Å². The van der Waals surface area contributed by atoms with Gasteiger partial charge < -0.3 is 4.90 Å². The Kier molecular flexibility index (Phi) is 2.71. The first kappa shape index (κ1) is 9.90. The van der Waals surface area contributed by atoms with Gasteiger partial charge in [-0.15, -0.1) is 0 Å². The van der Waals surface area contributed by atoms with E-state index in [2.05, 4.69) is 0 Å². The normalized spacial score (nSPS) is 37.8. The molecule has 3 heteroatoms. The lowest BCUT2D eigenvalue weighted by Gasteiger charge is -2.38. The lowest BCUT2D eigenvalue weighted by atomic mass is 9.72. The van der Waals surface area contributed by atoms with Crippen LogP contribution in [0, 0.1) is 11.8 Å². The molecule has 2 atom stereocenters. The molecule has 2 rings (SSSR count). The van der Waals surface area contributed by atoms with Crippen LogP contribution in [0.3, 0.4) is 0 Å². The van der Waals surface area contributed by atoms with E-state index in [1.54, 1.807) is 0 Å². The van der Waals surface area contributed by atoms with Crippen molar-refractivity contribution in [2.45, 2.75) is 26.2 Å². The molecule has 0 bridgehead atoms. The molecule has 0 radical (unpaired) electrons. The topological polar surface area (TPSA) is 3.24 Å². The number of fused-ring (bicyclic) bond motifs is 1. The van der Waals surface area contributed by atoms with Crippen LogP contribution in [-0.2, 0) is 0 Å². The summed E-state index contributed by atoms with van der Waals surface area (Å²) >= 11 is 0. The van der Waals surface area contributed by atoms with E-state index in [0.717, 1.165) is 6.54 Å². The van der Waals surface area contributed by atoms with Crippen LogP contribution in [-0.4, -0.2) is 31.0 Å². The maximum atomic E-state index is 12.6. The molecule has 2 fully saturated rings. The van der Waals surface area contributed by atoms with E-state index in [1.807, 2.05) is 25.8 Å². The first-order valence-electron chi connectivity index (χ1n) is 4.66. The summed E-state index contributed by atoms with van der Waals surface area (Å²) in [5.41, 5.74) is 0. The summed E-state index contributed by atoms with van der Waals surface area (Å²) in [6, 6.07) is 0. The van der Waals surface area contributed by atoms with Crippen molar-refractivity contribution >= 4 is 0 Å². The molecule has 0 N–H and O–H groups in total. The highest BCUT2D eigenvalue weighted by molar-refractivity contribution is 5.01. The highest BCUT2D eigenvalue weighted by atomic mass is 19.3. The summed E-state index contributed by atoms with van der Waals surface area (Å²) in [5.74, 6) is -2.37. The highest BCUT2D eigenvalue weighted by Gasteiger charge is 2.58. The van der Waals surface area contributed by atoms with Crippen LogP contribution in [0.1, 0.15) is 20.3 Å². The summed E-state index contributed by atoms with van der Waals surface area (Å²) in [6.07, 6.45) is 0.127. The van der Waals surface area contributed by atoms with Gasteiger partial charge in [0.2, 0.25) is 0 Å². The number of rotatable bonds is 0. The zero-order valence-electron chi connectivity index (χ0n) is 7.98. The van der Waals surface area contributed by atoms with Crippen molar-refractivity contribution in [1.29, 1.82) is 0 Å². The van der Waals surface area contributed by atoms with Crippen molar-refractivity contribution in [2.24, 2.45) is 11.8 Å². The van der Waals surface area contributed by atoms with Gasteiger partial charge in [-0.1, -0.05) is 13.8 Å². The molecule has 72 valence electrons. The van der Waals surface area contributed by atoms with Crippen LogP contribution in [0.15, 0.2) is 0 Å². The Morgan fingerprint density at radius 1 is 1.25 bits per heavy atom. The number of alkyl halides is 2. The third-order valence-corrected chi connectivity index (χ3v) is 2.70. The summed E-state index contributed by atoms with van der Waals surface area (Å²) < 4.78 is 25.3. The van der Waals surface area contributed by atoms with Gasteiger partial charge in [-0.2, -0.15) is 0 Å². The Hall–Kier alpha value is -0.180. The van der Waals surface area contributed by atoms with E-state index < -0.39 is 5.92 Å². The molecule has 1 nitrogen and oxygen atoms in total. The van der Waals surface area contributed by atoms with Crippen LogP contribution >= 0.6 is 0 Å². The summed E-state index contributed by atoms with van der Waals surface area (Å²) in [4.78, 5) is 2.00. The lowest BCUT2D eigenvalue weighted by Crippen LogP contribution is -2.46. The smallest absolute Gasteiger partial charge is 0.252 e. The lowest BCUT2D eigenvalue weighted by molar-refractivity contribution is -0.152. The van der Waals surface area contributed by atoms with Gasteiger partial charge in [0.1, 0.15) is 0 Å². The zero-order chi connectivity index (χ0) is 9.35. The van der Waals surface area contributed by atoms with E-state index in [1.165, 1.54) is 0 Å². The van der Waals surface area contributed by atoms with Gasteiger partial charge in [-0.05, 0) is 13.0 Å². The Bertz CT molecular complexity index is 159. The molecule has 0 aromatic carbocycles. The molecule has 2 aliphatic rings. The number of halogens is 2. The van der Waals surface area contributed by atoms with E-state index in [-0.39, 0.29) is 12.3 Å². The Morgan fingerprint density at radius 2 is 1.83 bits per heavy atom. The monoisotopic (exact) mass is 177 g/mol. The van der Waals surface area contributed by atoms with Crippen molar-refractivity contribution < 1.29 is 8.78 Å². The first-order chi connectivity index (χ1) is 5.59. The molecule has 1 saturated heterocycles. The van der Waals surface area contributed by atoms with E-state index in [4.69, 9.17) is 0 Å². The standard InChI is InChI=1S/C7H11F2N.C2H6/c1-10-3-5-2-7(8,9)6(5)4-10;1-2/h5-6H,2-4H2,1H3;1-2H3. The number of hydrogen-bond acceptors (Lipinski definition) is 1. The van der Waals surface area contributed by atoms with Crippen molar-refractivity contribution in [2.75, 3.05) is 20.1 Å². The van der Waals surface area contributed by atoms with Crippen LogP contribution in [0.25, 0.3) is 0 Å². The van der Waals surface area contributed by atoms with E-state index in [9.17, 15) is 8.78 Å². The van der Waals surface area contributed by atoms with Crippen molar-refractivity contribution in [3.63, 3.8) is 0 Å². The largest absolute Gasteiger partial charge is 0.306 e. The molecular weight excluding hydrogens is 160 g/mol. The van der Waals surface area contributed by atoms with Gasteiger partial charge >= 0.3 is 0 Å². The minimum Gasteiger partial charge on any atom is -0.306 e. The molecule has 0 amide bonds. The summed E-state index contributed by atoms with van der Waals surface area (Å²) in [7, 11) is 1.91. The predicted molar refractivity (Wildman–Crippen MR) is 45.4 cm³/mol. The fourth-order valence-electron chi connectivity index (χ4n) is 2.11. The molecule has 1 aliphatic carbocycles. The molecule has 0 aromatic heterocycles. The second kappa shape index (κ2) is 3.29. The average Bonchev–Trinajstić information content (AvgIpc) is 2.32. The van der Waals surface area contributed by atoms with Crippen LogP contribution in [0.5, 0.6) is 0 Å². The first-order valence-corrected chi connectivity index (χ1v) is 4.66. The zero-order valence-corrected chi connectivity index (χ0v) is 7.98. The second-order valence-corrected chi connectivity index (χ2v) is 3.55. The third-order valence-electron chi connectivity index (χ3n) is 2.70. The predicted octanol–water partition coefficient (Wildman–Crippen LogP) is 2.23. The molecule has 1 heterocycles. The van der Waals surface area contributed by atoms with Gasteiger partial charge in [0.25, 0.3) is 5.92 Å². The average molecular weight is 177 g/mol. The number of hydrogen-bond donors (Lipinski definition) is 0. The molecule has 12 heavy (non-hydrogen) atoms. The van der Waals surface area contributed by atoms with Crippen molar-refractivity contribution in [3.8, 4) is 0 Å². The highest BCUT2D eigenvalue weighted by Crippen LogP contribution is 2.51. The second-order valence-electron chi connectivity index (χ2n) is 3.55. The Labute approximate surface area is 72.7 Å². The van der Waals surface area contributed by atoms with Crippen molar-refractivity contribution in [1.82, 2.24) is 4.90 Å². The minimum atomic E-state index is -2.34. The molecule has 0 aromatic rings. The van der Waals surface area contributed by atoms with Gasteiger partial charge in [-0.25, -0.2) is 8.78 Å². The third kappa shape index (κ3) is 1.47. The van der Waals surface area contributed by atoms with Gasteiger partial charge in [0.15, 0.2) is 0 Å². The number of nitrogens with zero attached hydrogens (tertiary/aromatic N) is 1. The number of likely N-dealkylation sites (tertiary alicyclic amines) is 1. The minimum absolute atomic E-state index is 0.127. The molecule has 1 saturated carbocycles. The van der Waals surface area contributed by atoms with Crippen LogP contribution in [0.2, 0.25) is 0 Å². The summed E-state index contributed by atoms with van der Waals surface area (Å²) in [6.45, 7) is 5.47. The molecule has 2 unspecified atom stereocenters. The Morgan fingerprint density at radius 3 is 2.17 bits per heavy atom. The maximum absolute atomic E-state index is 12.6. The Balaban J connectivity index is 0.000000336. The van der Waals surface area contributed by atoms with Crippen LogP contribution < -0.4 is 0 Å². The summed E-state index contributed by atoms with van der Waals surface area (Å²) in [5, 5.41) is 0. The molecule has 0 spiro atoms. The fraction of sp³-hybridized carbons (Fsp3) is 1.00. The molecule has 1 aliphatic heterocycles. The fourth-order valence-corrected chi connectivity index (χ4v) is 2.11. The maximum Gasteiger partial charge on any atom is 0.252 e. The van der Waals surface area contributed by atoms with Gasteiger partial charge in [-0.3, -0.25) is 0 Å². The van der Waals surface area contributed by atoms with Gasteiger partial charge in [0, 0.05) is 25.4 Å². The van der Waals surface area contributed by atoms with E-state index >= 15 is 0 Å². The van der Waals surface area contributed by atoms with Crippen molar-refractivity contribution in [3.05, 3.63) is 0 Å². The van der Waals surface area contributed by atoms with Gasteiger partial charge in [0.05, 0.1) is 0 Å².